The zero-order valence-electron chi connectivity index (χ0n) is 41.3. The molecule has 0 fully saturated rings. The second-order valence-electron chi connectivity index (χ2n) is 16.5. The number of hydrogen-bond acceptors (Lipinski definition) is 27. The van der Waals surface area contributed by atoms with Gasteiger partial charge in [0.2, 0.25) is 25.2 Å². The summed E-state index contributed by atoms with van der Waals surface area (Å²) in [5.41, 5.74) is 3.17. The average molecular weight is 1310 g/mol. The van der Waals surface area contributed by atoms with Gasteiger partial charge in [-0.25, -0.2) is 102 Å². The lowest BCUT2D eigenvalue weighted by Crippen LogP contribution is -2.19. The molecule has 0 saturated carbocycles. The van der Waals surface area contributed by atoms with Crippen molar-refractivity contribution in [2.45, 2.75) is 82.6 Å². The molecule has 16 heterocycles. The van der Waals surface area contributed by atoms with Crippen molar-refractivity contribution in [1.82, 2.24) is 115 Å². The highest BCUT2D eigenvalue weighted by atomic mass is 32.2. The van der Waals surface area contributed by atoms with Gasteiger partial charge in [0.15, 0.2) is 15.1 Å². The van der Waals surface area contributed by atoms with Crippen LogP contribution in [0.4, 0.5) is 0 Å². The van der Waals surface area contributed by atoms with Gasteiger partial charge < -0.3 is 14.1 Å². The summed E-state index contributed by atoms with van der Waals surface area (Å²) in [6, 6.07) is 3.08. The Morgan fingerprint density at radius 1 is 0.434 bits per heavy atom. The van der Waals surface area contributed by atoms with E-state index in [4.69, 9.17) is 0 Å². The molecule has 9 N–H and O–H groups in total. The summed E-state index contributed by atoms with van der Waals surface area (Å²) in [5, 5.41) is 21.8. The molecule has 0 spiro atoms. The van der Waals surface area contributed by atoms with Crippen molar-refractivity contribution in [3.8, 4) is 0 Å². The van der Waals surface area contributed by atoms with Crippen molar-refractivity contribution in [1.29, 1.82) is 0 Å². The van der Waals surface area contributed by atoms with Crippen LogP contribution < -0.4 is 37.8 Å². The van der Waals surface area contributed by atoms with Crippen molar-refractivity contribution >= 4 is 80.6 Å². The lowest BCUT2D eigenvalue weighted by atomic mass is 10.3. The number of fused-ring (bicyclic) bond motifs is 8. The highest BCUT2D eigenvalue weighted by molar-refractivity contribution is 7.91. The number of aromatic amines is 1. The maximum Gasteiger partial charge on any atom is 0.306 e. The molecule has 0 unspecified atom stereocenters. The summed E-state index contributed by atoms with van der Waals surface area (Å²) in [4.78, 5) is 21.7. The molecule has 8 aromatic heterocycles. The van der Waals surface area contributed by atoms with E-state index in [1.165, 1.54) is 90.0 Å². The van der Waals surface area contributed by atoms with Crippen molar-refractivity contribution < 1.29 is 67.3 Å². The molecule has 8 aliphatic rings. The van der Waals surface area contributed by atoms with E-state index < -0.39 is 80.6 Å². The first-order chi connectivity index (χ1) is 39.1. The van der Waals surface area contributed by atoms with Crippen LogP contribution in [-0.2, 0) is 133 Å². The molecule has 0 saturated heterocycles. The summed E-state index contributed by atoms with van der Waals surface area (Å²) in [5.74, 6) is 0.542. The van der Waals surface area contributed by atoms with Crippen LogP contribution in [0.25, 0.3) is 0 Å². The smallest absolute Gasteiger partial charge is 0.306 e. The van der Waals surface area contributed by atoms with Gasteiger partial charge >= 0.3 is 20.4 Å². The number of rotatable bonds is 0. The van der Waals surface area contributed by atoms with Crippen LogP contribution in [0.15, 0.2) is 123 Å². The molecule has 83 heavy (non-hydrogen) atoms. The van der Waals surface area contributed by atoms with Gasteiger partial charge in [0.05, 0.1) is 100 Å². The van der Waals surface area contributed by atoms with Crippen LogP contribution >= 0.6 is 0 Å². The zero-order chi connectivity index (χ0) is 59.6. The number of sulfonamides is 6. The second-order valence-corrected chi connectivity index (χ2v) is 30.0. The van der Waals surface area contributed by atoms with Gasteiger partial charge in [0, 0.05) is 55.2 Å². The monoisotopic (exact) mass is 1310 g/mol. The first kappa shape index (κ1) is 60.2. The van der Waals surface area contributed by atoms with Gasteiger partial charge in [-0.2, -0.15) is 61.2 Å². The number of nitrogens with zero attached hydrogens (tertiary/aromatic N) is 15. The number of H-pyrrole nitrogens is 1. The Labute approximate surface area is 470 Å². The molecular formula is C35H40N24O16S8. The number of aromatic nitrogens is 16. The normalized spacial score (nSPS) is 20.3. The largest absolute Gasteiger partial charge is 0.346 e. The molecule has 48 heteroatoms. The summed E-state index contributed by atoms with van der Waals surface area (Å²) in [6.07, 6.45) is 18.5. The maximum absolute atomic E-state index is 11.1. The standard InChI is InChI=1S/3C5H5N3O2S.5C4H5N3O2S/c9-11(10)5-3-7-6-1-4(5)2-8-11;9-11(10)5-1-2-6-8-4(5)3-7-11;9-11(10)5-4(3-7-11)1-2-6-8-5;8-10(9)4-1-5-2-7(4)3-6-10;8-10(9)6-2-4-1-5-3-7(4)10;8-10(9)4-3(1-7-10)5-2-6-4;8-10(9)4-5-1-2-7(4)3-6-10;8-10(9)6-3-4-5-1-2-7(4)10/h1,3,8H,2H2;2*1-2,7H,3H2;1-2,6H,3H2;1,3,6H,2H2;2,7H,1H2,(H,5,6);2*1-2,6H,3H2. The third kappa shape index (κ3) is 13.3. The fraction of sp³-hybridized carbons (Fsp3) is 0.229. The summed E-state index contributed by atoms with van der Waals surface area (Å²) >= 11 is 0. The molecule has 8 aliphatic heterocycles. The molecule has 0 radical (unpaired) electrons. The van der Waals surface area contributed by atoms with Crippen LogP contribution in [-0.4, -0.2) is 145 Å². The maximum atomic E-state index is 11.1. The highest BCUT2D eigenvalue weighted by Gasteiger charge is 2.31. The molecule has 16 rings (SSSR count). The van der Waals surface area contributed by atoms with Crippen molar-refractivity contribution in [2.24, 2.45) is 0 Å². The Hall–Kier alpha value is -7.43. The zero-order valence-corrected chi connectivity index (χ0v) is 47.9. The minimum Gasteiger partial charge on any atom is -0.346 e. The van der Waals surface area contributed by atoms with Gasteiger partial charge in [-0.05, 0) is 12.1 Å². The Balaban J connectivity index is 0.000000114. The Morgan fingerprint density at radius 3 is 1.77 bits per heavy atom. The number of hydrogen-bond donors (Lipinski definition) is 9. The third-order valence-electron chi connectivity index (χ3n) is 11.3. The van der Waals surface area contributed by atoms with Crippen LogP contribution in [0.2, 0.25) is 0 Å². The van der Waals surface area contributed by atoms with Crippen molar-refractivity contribution in [3.05, 3.63) is 127 Å². The van der Waals surface area contributed by atoms with E-state index in [9.17, 15) is 67.3 Å². The van der Waals surface area contributed by atoms with Crippen LogP contribution in [0.1, 0.15) is 34.0 Å². The average Bonchev–Trinajstić information content (AvgIpc) is 4.50. The fourth-order valence-corrected chi connectivity index (χ4v) is 16.1. The molecule has 0 amide bonds. The Morgan fingerprint density at radius 2 is 1.06 bits per heavy atom. The lowest BCUT2D eigenvalue weighted by Gasteiger charge is -1.92. The van der Waals surface area contributed by atoms with Crippen LogP contribution in [0.5, 0.6) is 0 Å². The minimum absolute atomic E-state index is 0.0556. The van der Waals surface area contributed by atoms with E-state index >= 15 is 0 Å². The predicted octanol–water partition coefficient (Wildman–Crippen LogP) is -6.57. The van der Waals surface area contributed by atoms with E-state index in [1.807, 2.05) is 0 Å². The lowest BCUT2D eigenvalue weighted by molar-refractivity contribution is 0.581. The van der Waals surface area contributed by atoms with Gasteiger partial charge in [-0.15, -0.1) is 5.10 Å². The quantitative estimate of drug-likeness (QED) is 0.0682. The summed E-state index contributed by atoms with van der Waals surface area (Å²) in [6.45, 7) is 2.50. The van der Waals surface area contributed by atoms with Gasteiger partial charge in [-0.3, -0.25) is 0 Å². The number of nitrogens with one attached hydrogen (secondary N) is 9. The number of imidazole rings is 5. The Bertz CT molecular complexity index is 4100. The van der Waals surface area contributed by atoms with Crippen LogP contribution in [0, 0.1) is 0 Å². The van der Waals surface area contributed by atoms with Gasteiger partial charge in [-0.1, -0.05) is 0 Å². The molecular weight excluding hydrogens is 1270 g/mol. The van der Waals surface area contributed by atoms with Gasteiger partial charge in [0.25, 0.3) is 40.1 Å². The third-order valence-corrected chi connectivity index (χ3v) is 22.4. The molecule has 0 atom stereocenters. The second kappa shape index (κ2) is 23.3. The van der Waals surface area contributed by atoms with Crippen molar-refractivity contribution in [2.75, 3.05) is 0 Å². The fourth-order valence-electron chi connectivity index (χ4n) is 7.30. The van der Waals surface area contributed by atoms with E-state index in [0.29, 0.717) is 80.1 Å². The topological polar surface area (TPSA) is 547 Å². The van der Waals surface area contributed by atoms with Gasteiger partial charge in [0.1, 0.15) is 21.9 Å². The molecule has 0 bridgehead atoms. The van der Waals surface area contributed by atoms with Crippen LogP contribution in [0.3, 0.4) is 0 Å². The minimum atomic E-state index is -3.33. The first-order valence-electron chi connectivity index (χ1n) is 22.6. The molecule has 444 valence electrons. The molecule has 8 aromatic rings. The van der Waals surface area contributed by atoms with E-state index in [0.717, 1.165) is 7.94 Å². The summed E-state index contributed by atoms with van der Waals surface area (Å²) < 4.78 is 200. The highest BCUT2D eigenvalue weighted by Crippen LogP contribution is 2.21. The van der Waals surface area contributed by atoms with Crippen molar-refractivity contribution in [3.63, 3.8) is 0 Å². The molecule has 40 nitrogen and oxygen atoms in total. The van der Waals surface area contributed by atoms with E-state index in [1.54, 1.807) is 12.3 Å². The predicted molar refractivity (Wildman–Crippen MR) is 273 cm³/mol. The Kier molecular flexibility index (Phi) is 16.9. The first-order valence-corrected chi connectivity index (χ1v) is 34.3. The SMILES string of the molecule is O=S1(=O)NCc2[nH]cnc21.O=S1(=O)NCc2ccnnc21.O=S1(=O)NCc2cncn21.O=S1(=O)NCc2cnncc21.O=S1(=O)NCc2nccn21.O=S1(=O)NCc2nnccc21.O=S1(=O)NCn2ccnc21.O=S1(=O)NCn2cncc21. The molecule has 0 aliphatic carbocycles. The summed E-state index contributed by atoms with van der Waals surface area (Å²) in [7, 11) is -26.1. The molecule has 0 aromatic carbocycles. The van der Waals surface area contributed by atoms with E-state index in [-0.39, 0.29) is 36.6 Å². The van der Waals surface area contributed by atoms with E-state index in [2.05, 4.69) is 98.3 Å².